The number of aliphatic hydroxyl groups is 1. The van der Waals surface area contributed by atoms with Gasteiger partial charge in [0.1, 0.15) is 0 Å². The number of rotatable bonds is 7. The Morgan fingerprint density at radius 1 is 1.39 bits per heavy atom. The molecule has 0 spiro atoms. The van der Waals surface area contributed by atoms with E-state index in [2.05, 4.69) is 5.32 Å². The highest BCUT2D eigenvalue weighted by atomic mass is 16.3. The van der Waals surface area contributed by atoms with Crippen LogP contribution in [0.3, 0.4) is 0 Å². The number of carbonyl (C=O) groups excluding carboxylic acids is 1. The van der Waals surface area contributed by atoms with Crippen LogP contribution in [0.5, 0.6) is 0 Å². The molecule has 0 bridgehead atoms. The van der Waals surface area contributed by atoms with Gasteiger partial charge in [-0.25, -0.2) is 0 Å². The summed E-state index contributed by atoms with van der Waals surface area (Å²) in [6.45, 7) is 3.05. The van der Waals surface area contributed by atoms with Crippen LogP contribution in [0.2, 0.25) is 0 Å². The number of likely N-dealkylation sites (N-methyl/N-ethyl adjacent to an activating group) is 1. The van der Waals surface area contributed by atoms with Crippen LogP contribution in [0.4, 0.5) is 0 Å². The molecule has 0 heterocycles. The second-order valence-corrected chi connectivity index (χ2v) is 4.41. The fraction of sp³-hybridized carbons (Fsp3) is 0.500. The number of carbonyl (C=O) groups is 1. The van der Waals surface area contributed by atoms with Gasteiger partial charge in [-0.2, -0.15) is 0 Å². The van der Waals surface area contributed by atoms with Crippen LogP contribution in [0.25, 0.3) is 0 Å². The summed E-state index contributed by atoms with van der Waals surface area (Å²) in [5, 5.41) is 11.7. The monoisotopic (exact) mass is 250 g/mol. The summed E-state index contributed by atoms with van der Waals surface area (Å²) in [5.41, 5.74) is 1.22. The third kappa shape index (κ3) is 4.85. The molecule has 1 aromatic rings. The van der Waals surface area contributed by atoms with E-state index < -0.39 is 0 Å². The maximum atomic E-state index is 11.8. The average Bonchev–Trinajstić information content (AvgIpc) is 2.39. The zero-order valence-electron chi connectivity index (χ0n) is 11.1. The molecule has 0 aromatic heterocycles. The lowest BCUT2D eigenvalue weighted by molar-refractivity contribution is -0.125. The Bertz CT molecular complexity index is 354. The minimum atomic E-state index is -0.215. The Morgan fingerprint density at radius 2 is 2.06 bits per heavy atom. The van der Waals surface area contributed by atoms with Crippen LogP contribution in [-0.2, 0) is 11.2 Å². The third-order valence-electron chi connectivity index (χ3n) is 3.05. The number of benzene rings is 1. The van der Waals surface area contributed by atoms with E-state index in [0.717, 1.165) is 6.42 Å². The number of hydrogen-bond donors (Lipinski definition) is 2. The van der Waals surface area contributed by atoms with Crippen LogP contribution >= 0.6 is 0 Å². The van der Waals surface area contributed by atoms with Crippen molar-refractivity contribution in [3.63, 3.8) is 0 Å². The highest BCUT2D eigenvalue weighted by Gasteiger charge is 2.16. The molecule has 18 heavy (non-hydrogen) atoms. The van der Waals surface area contributed by atoms with E-state index in [1.807, 2.05) is 49.2 Å². The largest absolute Gasteiger partial charge is 0.395 e. The fourth-order valence-corrected chi connectivity index (χ4v) is 1.67. The molecule has 4 heteroatoms. The van der Waals surface area contributed by atoms with E-state index in [0.29, 0.717) is 13.1 Å². The van der Waals surface area contributed by atoms with Crippen molar-refractivity contribution in [2.75, 3.05) is 26.7 Å². The second kappa shape index (κ2) is 7.84. The molecular formula is C14H22N2O2. The lowest BCUT2D eigenvalue weighted by Gasteiger charge is -2.22. The van der Waals surface area contributed by atoms with Crippen molar-refractivity contribution in [1.29, 1.82) is 0 Å². The molecular weight excluding hydrogens is 228 g/mol. The molecule has 2 N–H and O–H groups in total. The molecule has 1 aromatic carbocycles. The maximum Gasteiger partial charge on any atom is 0.237 e. The summed E-state index contributed by atoms with van der Waals surface area (Å²) in [4.78, 5) is 13.6. The predicted molar refractivity (Wildman–Crippen MR) is 72.3 cm³/mol. The van der Waals surface area contributed by atoms with Crippen molar-refractivity contribution in [2.24, 2.45) is 0 Å². The van der Waals surface area contributed by atoms with Gasteiger partial charge in [0, 0.05) is 13.1 Å². The first-order valence-corrected chi connectivity index (χ1v) is 6.28. The first-order chi connectivity index (χ1) is 8.65. The Labute approximate surface area is 109 Å². The molecule has 0 aliphatic heterocycles. The van der Waals surface area contributed by atoms with Crippen molar-refractivity contribution in [2.45, 2.75) is 19.4 Å². The van der Waals surface area contributed by atoms with Gasteiger partial charge < -0.3 is 10.4 Å². The van der Waals surface area contributed by atoms with Gasteiger partial charge in [0.2, 0.25) is 5.91 Å². The number of aliphatic hydroxyl groups excluding tert-OH is 1. The van der Waals surface area contributed by atoms with Crippen LogP contribution in [0, 0.1) is 0 Å². The Balaban J connectivity index is 2.28. The maximum absolute atomic E-state index is 11.8. The molecule has 1 unspecified atom stereocenters. The van der Waals surface area contributed by atoms with Crippen LogP contribution in [0.1, 0.15) is 12.5 Å². The highest BCUT2D eigenvalue weighted by Crippen LogP contribution is 1.99. The lowest BCUT2D eigenvalue weighted by atomic mass is 10.1. The summed E-state index contributed by atoms with van der Waals surface area (Å²) >= 11 is 0. The Hall–Kier alpha value is -1.39. The first kappa shape index (κ1) is 14.7. The molecule has 0 aliphatic rings. The SMILES string of the molecule is CC(C(=O)NCCc1ccccc1)N(C)CCO. The molecule has 100 valence electrons. The zero-order chi connectivity index (χ0) is 13.4. The van der Waals surface area contributed by atoms with Crippen molar-refractivity contribution < 1.29 is 9.90 Å². The zero-order valence-corrected chi connectivity index (χ0v) is 11.1. The molecule has 0 saturated carbocycles. The smallest absolute Gasteiger partial charge is 0.237 e. The second-order valence-electron chi connectivity index (χ2n) is 4.41. The fourth-order valence-electron chi connectivity index (χ4n) is 1.67. The predicted octanol–water partition coefficient (Wildman–Crippen LogP) is 0.658. The van der Waals surface area contributed by atoms with Crippen LogP contribution < -0.4 is 5.32 Å². The summed E-state index contributed by atoms with van der Waals surface area (Å²) in [7, 11) is 1.83. The number of hydrogen-bond acceptors (Lipinski definition) is 3. The lowest BCUT2D eigenvalue weighted by Crippen LogP contribution is -2.44. The van der Waals surface area contributed by atoms with Gasteiger partial charge in [0.15, 0.2) is 0 Å². The van der Waals surface area contributed by atoms with Gasteiger partial charge in [0.05, 0.1) is 12.6 Å². The minimum absolute atomic E-state index is 0.00174. The van der Waals surface area contributed by atoms with Gasteiger partial charge in [0.25, 0.3) is 0 Å². The topological polar surface area (TPSA) is 52.6 Å². The van der Waals surface area contributed by atoms with E-state index in [1.165, 1.54) is 5.56 Å². The van der Waals surface area contributed by atoms with E-state index in [9.17, 15) is 4.79 Å². The number of nitrogens with zero attached hydrogens (tertiary/aromatic N) is 1. The van der Waals surface area contributed by atoms with E-state index in [1.54, 1.807) is 0 Å². The van der Waals surface area contributed by atoms with Gasteiger partial charge in [-0.05, 0) is 26.0 Å². The molecule has 4 nitrogen and oxygen atoms in total. The van der Waals surface area contributed by atoms with Gasteiger partial charge in [-0.15, -0.1) is 0 Å². The van der Waals surface area contributed by atoms with E-state index in [4.69, 9.17) is 5.11 Å². The van der Waals surface area contributed by atoms with Crippen molar-refractivity contribution in [1.82, 2.24) is 10.2 Å². The summed E-state index contributed by atoms with van der Waals surface area (Å²) in [5.74, 6) is 0.00174. The van der Waals surface area contributed by atoms with Gasteiger partial charge in [-0.1, -0.05) is 30.3 Å². The summed E-state index contributed by atoms with van der Waals surface area (Å²) in [6, 6.07) is 9.85. The Kier molecular flexibility index (Phi) is 6.39. The molecule has 1 amide bonds. The van der Waals surface area contributed by atoms with E-state index >= 15 is 0 Å². The summed E-state index contributed by atoms with van der Waals surface area (Å²) in [6.07, 6.45) is 0.836. The normalized spacial score (nSPS) is 12.4. The molecule has 0 radical (unpaired) electrons. The molecule has 1 atom stereocenters. The van der Waals surface area contributed by atoms with Crippen molar-refractivity contribution in [3.8, 4) is 0 Å². The number of amides is 1. The quantitative estimate of drug-likeness (QED) is 0.747. The van der Waals surface area contributed by atoms with E-state index in [-0.39, 0.29) is 18.6 Å². The van der Waals surface area contributed by atoms with Gasteiger partial charge in [-0.3, -0.25) is 9.69 Å². The standard InChI is InChI=1S/C14H22N2O2/c1-12(16(2)10-11-17)14(18)15-9-8-13-6-4-3-5-7-13/h3-7,12,17H,8-11H2,1-2H3,(H,15,18). The Morgan fingerprint density at radius 3 is 2.67 bits per heavy atom. The molecule has 0 fully saturated rings. The highest BCUT2D eigenvalue weighted by molar-refractivity contribution is 5.81. The van der Waals surface area contributed by atoms with Crippen LogP contribution in [0.15, 0.2) is 30.3 Å². The molecule has 1 rings (SSSR count). The van der Waals surface area contributed by atoms with Crippen molar-refractivity contribution in [3.05, 3.63) is 35.9 Å². The number of nitrogens with one attached hydrogen (secondary N) is 1. The third-order valence-corrected chi connectivity index (χ3v) is 3.05. The summed E-state index contributed by atoms with van der Waals surface area (Å²) < 4.78 is 0. The van der Waals surface area contributed by atoms with Gasteiger partial charge >= 0.3 is 0 Å². The first-order valence-electron chi connectivity index (χ1n) is 6.28. The van der Waals surface area contributed by atoms with Crippen molar-refractivity contribution >= 4 is 5.91 Å². The van der Waals surface area contributed by atoms with Crippen LogP contribution in [-0.4, -0.2) is 48.7 Å². The molecule has 0 saturated heterocycles. The average molecular weight is 250 g/mol. The minimum Gasteiger partial charge on any atom is -0.395 e. The molecule has 0 aliphatic carbocycles.